The molecule has 0 aromatic heterocycles. The van der Waals surface area contributed by atoms with Crippen molar-refractivity contribution in [3.05, 3.63) is 34.9 Å². The predicted octanol–water partition coefficient (Wildman–Crippen LogP) is 2.41. The number of benzene rings is 1. The van der Waals surface area contributed by atoms with Crippen LogP contribution < -0.4 is 0 Å². The van der Waals surface area contributed by atoms with Crippen molar-refractivity contribution in [3.63, 3.8) is 0 Å². The summed E-state index contributed by atoms with van der Waals surface area (Å²) >= 11 is 3.37. The highest BCUT2D eigenvalue weighted by Crippen LogP contribution is 2.15. The fourth-order valence-electron chi connectivity index (χ4n) is 1.39. The summed E-state index contributed by atoms with van der Waals surface area (Å²) in [7, 11) is 2.71. The van der Waals surface area contributed by atoms with Gasteiger partial charge in [-0.05, 0) is 24.1 Å². The van der Waals surface area contributed by atoms with Crippen molar-refractivity contribution in [1.29, 1.82) is 0 Å². The van der Waals surface area contributed by atoms with Crippen LogP contribution in [-0.4, -0.2) is 25.9 Å². The Balaban J connectivity index is 3.27. The van der Waals surface area contributed by atoms with Gasteiger partial charge in [-0.15, -0.1) is 0 Å². The van der Waals surface area contributed by atoms with Crippen molar-refractivity contribution in [1.82, 2.24) is 0 Å². The molecule has 0 fully saturated rings. The minimum atomic E-state index is -0.512. The molecular weight excluding hydrogens is 286 g/mol. The summed E-state index contributed by atoms with van der Waals surface area (Å²) < 4.78 is 4.69. The van der Waals surface area contributed by atoms with Gasteiger partial charge in [0.05, 0.1) is 7.11 Å². The molecule has 0 saturated heterocycles. The van der Waals surface area contributed by atoms with Crippen molar-refractivity contribution in [2.45, 2.75) is 12.3 Å². The van der Waals surface area contributed by atoms with Gasteiger partial charge in [-0.2, -0.15) is 0 Å². The minimum absolute atomic E-state index is 0.176. The third-order valence-electron chi connectivity index (χ3n) is 2.27. The highest BCUT2D eigenvalue weighted by atomic mass is 79.9. The number of carbonyl (C=O) groups excluding carboxylic acids is 1. The van der Waals surface area contributed by atoms with E-state index in [1.807, 2.05) is 25.1 Å². The lowest BCUT2D eigenvalue weighted by Gasteiger charge is -2.08. The lowest BCUT2D eigenvalue weighted by atomic mass is 10.0. The van der Waals surface area contributed by atoms with E-state index in [9.17, 15) is 4.79 Å². The first kappa shape index (κ1) is 13.7. The molecule has 1 rings (SSSR count). The standard InChI is InChI=1S/C12H14BrNO3/c1-8-4-5-9(7-13)6-10(8)11(14-17-3)12(15)16-2/h4-6H,7H2,1-3H3/b14-11+. The van der Waals surface area contributed by atoms with Crippen molar-refractivity contribution in [3.8, 4) is 0 Å². The van der Waals surface area contributed by atoms with Crippen LogP contribution in [0.2, 0.25) is 0 Å². The van der Waals surface area contributed by atoms with Crippen LogP contribution in [0.5, 0.6) is 0 Å². The van der Waals surface area contributed by atoms with Gasteiger partial charge in [-0.25, -0.2) is 4.79 Å². The fraction of sp³-hybridized carbons (Fsp3) is 0.333. The number of carbonyl (C=O) groups is 1. The number of nitrogens with zero attached hydrogens (tertiary/aromatic N) is 1. The molecule has 0 spiro atoms. The molecule has 0 N–H and O–H groups in total. The minimum Gasteiger partial charge on any atom is -0.464 e. The molecule has 0 aliphatic carbocycles. The summed E-state index contributed by atoms with van der Waals surface area (Å²) in [6, 6.07) is 5.80. The second kappa shape index (κ2) is 6.39. The number of rotatable bonds is 4. The number of halogens is 1. The van der Waals surface area contributed by atoms with Crippen LogP contribution >= 0.6 is 15.9 Å². The molecule has 0 amide bonds. The van der Waals surface area contributed by atoms with Gasteiger partial charge in [0.15, 0.2) is 5.71 Å². The third kappa shape index (κ3) is 3.30. The number of ether oxygens (including phenoxy) is 1. The average Bonchev–Trinajstić information content (AvgIpc) is 2.36. The van der Waals surface area contributed by atoms with Gasteiger partial charge in [0, 0.05) is 10.9 Å². The molecule has 0 aliphatic rings. The van der Waals surface area contributed by atoms with Crippen LogP contribution in [-0.2, 0) is 19.7 Å². The van der Waals surface area contributed by atoms with Gasteiger partial charge in [0.2, 0.25) is 0 Å². The molecule has 0 atom stereocenters. The molecule has 0 heterocycles. The summed E-state index contributed by atoms with van der Waals surface area (Å²) in [5.41, 5.74) is 2.89. The van der Waals surface area contributed by atoms with Crippen LogP contribution in [0.4, 0.5) is 0 Å². The first-order valence-electron chi connectivity index (χ1n) is 4.99. The third-order valence-corrected chi connectivity index (χ3v) is 2.92. The van der Waals surface area contributed by atoms with Gasteiger partial charge >= 0.3 is 5.97 Å². The Labute approximate surface area is 109 Å². The van der Waals surface area contributed by atoms with Crippen molar-refractivity contribution >= 4 is 27.6 Å². The maximum absolute atomic E-state index is 11.6. The SMILES string of the molecule is CO/N=C(/C(=O)OC)c1cc(CBr)ccc1C. The van der Waals surface area contributed by atoms with E-state index in [2.05, 4.69) is 30.7 Å². The number of aryl methyl sites for hydroxylation is 1. The van der Waals surface area contributed by atoms with Gasteiger partial charge in [-0.3, -0.25) is 0 Å². The molecule has 92 valence electrons. The normalized spacial score (nSPS) is 11.2. The summed E-state index contributed by atoms with van der Waals surface area (Å²) in [4.78, 5) is 16.3. The van der Waals surface area contributed by atoms with Crippen LogP contribution in [0.1, 0.15) is 16.7 Å². The average molecular weight is 300 g/mol. The highest BCUT2D eigenvalue weighted by Gasteiger charge is 2.18. The first-order chi connectivity index (χ1) is 8.13. The number of oxime groups is 1. The zero-order valence-corrected chi connectivity index (χ0v) is 11.6. The topological polar surface area (TPSA) is 47.9 Å². The predicted molar refractivity (Wildman–Crippen MR) is 69.4 cm³/mol. The summed E-state index contributed by atoms with van der Waals surface area (Å²) in [5, 5.41) is 4.44. The van der Waals surface area contributed by atoms with E-state index < -0.39 is 5.97 Å². The molecule has 0 bridgehead atoms. The Hall–Kier alpha value is -1.36. The van der Waals surface area contributed by atoms with Gasteiger partial charge in [-0.1, -0.05) is 33.2 Å². The molecule has 1 aromatic rings. The first-order valence-corrected chi connectivity index (χ1v) is 6.11. The number of hydrogen-bond acceptors (Lipinski definition) is 4. The second-order valence-electron chi connectivity index (χ2n) is 3.40. The molecule has 4 nitrogen and oxygen atoms in total. The van der Waals surface area contributed by atoms with E-state index in [0.29, 0.717) is 5.33 Å². The Morgan fingerprint density at radius 3 is 2.65 bits per heavy atom. The van der Waals surface area contributed by atoms with Crippen molar-refractivity contribution < 1.29 is 14.4 Å². The van der Waals surface area contributed by atoms with Crippen LogP contribution in [0.15, 0.2) is 23.4 Å². The van der Waals surface area contributed by atoms with E-state index in [-0.39, 0.29) is 5.71 Å². The molecular formula is C12H14BrNO3. The van der Waals surface area contributed by atoms with Crippen LogP contribution in [0.3, 0.4) is 0 Å². The Morgan fingerprint density at radius 1 is 1.41 bits per heavy atom. The molecule has 1 aromatic carbocycles. The van der Waals surface area contributed by atoms with E-state index in [4.69, 9.17) is 0 Å². The van der Waals surface area contributed by atoms with Gasteiger partial charge in [0.25, 0.3) is 0 Å². The molecule has 0 unspecified atom stereocenters. The quantitative estimate of drug-likeness (QED) is 0.371. The van der Waals surface area contributed by atoms with E-state index >= 15 is 0 Å². The number of alkyl halides is 1. The smallest absolute Gasteiger partial charge is 0.360 e. The molecule has 0 aliphatic heterocycles. The zero-order chi connectivity index (χ0) is 12.8. The lowest BCUT2D eigenvalue weighted by molar-refractivity contribution is -0.132. The Bertz CT molecular complexity index is 443. The summed E-state index contributed by atoms with van der Waals surface area (Å²) in [6.45, 7) is 1.90. The maximum atomic E-state index is 11.6. The van der Waals surface area contributed by atoms with Crippen molar-refractivity contribution in [2.75, 3.05) is 14.2 Å². The highest BCUT2D eigenvalue weighted by molar-refractivity contribution is 9.08. The maximum Gasteiger partial charge on any atom is 0.360 e. The van der Waals surface area contributed by atoms with Crippen LogP contribution in [0.25, 0.3) is 0 Å². The zero-order valence-electron chi connectivity index (χ0n) is 9.99. The monoisotopic (exact) mass is 299 g/mol. The van der Waals surface area contributed by atoms with E-state index in [1.54, 1.807) is 0 Å². The number of methoxy groups -OCH3 is 1. The van der Waals surface area contributed by atoms with Gasteiger partial charge < -0.3 is 9.57 Å². The van der Waals surface area contributed by atoms with E-state index in [1.165, 1.54) is 14.2 Å². The fourth-order valence-corrected chi connectivity index (χ4v) is 1.74. The second-order valence-corrected chi connectivity index (χ2v) is 3.96. The Kier molecular flexibility index (Phi) is 5.15. The molecule has 5 heteroatoms. The van der Waals surface area contributed by atoms with Gasteiger partial charge in [0.1, 0.15) is 7.11 Å². The number of esters is 1. The van der Waals surface area contributed by atoms with Crippen molar-refractivity contribution in [2.24, 2.45) is 5.16 Å². The lowest BCUT2D eigenvalue weighted by Crippen LogP contribution is -2.19. The Morgan fingerprint density at radius 2 is 2.12 bits per heavy atom. The summed E-state index contributed by atoms with van der Waals surface area (Å²) in [5.74, 6) is -0.512. The molecule has 0 radical (unpaired) electrons. The largest absolute Gasteiger partial charge is 0.464 e. The summed E-state index contributed by atoms with van der Waals surface area (Å²) in [6.07, 6.45) is 0. The molecule has 17 heavy (non-hydrogen) atoms. The van der Waals surface area contributed by atoms with E-state index in [0.717, 1.165) is 16.7 Å². The molecule has 0 saturated carbocycles. The van der Waals surface area contributed by atoms with Crippen LogP contribution in [0, 0.1) is 6.92 Å². The number of hydrogen-bond donors (Lipinski definition) is 0.